The number of benzene rings is 1. The topological polar surface area (TPSA) is 62.2 Å². The van der Waals surface area contributed by atoms with Crippen molar-refractivity contribution in [2.45, 2.75) is 13.0 Å². The van der Waals surface area contributed by atoms with Gasteiger partial charge in [-0.2, -0.15) is 0 Å². The maximum absolute atomic E-state index is 13.2. The molecule has 6 heteroatoms. The Morgan fingerprint density at radius 1 is 1.21 bits per heavy atom. The van der Waals surface area contributed by atoms with Crippen LogP contribution in [0.4, 0.5) is 4.39 Å². The van der Waals surface area contributed by atoms with Gasteiger partial charge in [-0.15, -0.1) is 0 Å². The van der Waals surface area contributed by atoms with E-state index in [1.807, 2.05) is 30.5 Å². The summed E-state index contributed by atoms with van der Waals surface area (Å²) in [6.07, 6.45) is 5.23. The van der Waals surface area contributed by atoms with E-state index in [-0.39, 0.29) is 11.7 Å². The van der Waals surface area contributed by atoms with E-state index >= 15 is 0 Å². The standard InChI is InChI=1S/C18H15FN4O/c19-13-5-6-17-22-14(11-23(17)10-13)9-21-18(24)7-12-8-20-16-4-2-1-3-15(12)16/h1-6,8,10-11,20H,7,9H2,(H,21,24). The number of halogens is 1. The van der Waals surface area contributed by atoms with Crippen molar-refractivity contribution in [1.82, 2.24) is 19.7 Å². The fourth-order valence-electron chi connectivity index (χ4n) is 2.80. The van der Waals surface area contributed by atoms with Gasteiger partial charge in [-0.25, -0.2) is 9.37 Å². The summed E-state index contributed by atoms with van der Waals surface area (Å²) in [4.78, 5) is 19.7. The molecule has 3 aromatic heterocycles. The van der Waals surface area contributed by atoms with E-state index in [0.717, 1.165) is 16.5 Å². The summed E-state index contributed by atoms with van der Waals surface area (Å²) >= 11 is 0. The van der Waals surface area contributed by atoms with Crippen LogP contribution >= 0.6 is 0 Å². The van der Waals surface area contributed by atoms with Crippen molar-refractivity contribution in [3.63, 3.8) is 0 Å². The second-order valence-electron chi connectivity index (χ2n) is 5.66. The molecule has 4 aromatic rings. The molecule has 24 heavy (non-hydrogen) atoms. The van der Waals surface area contributed by atoms with Crippen LogP contribution in [0.5, 0.6) is 0 Å². The number of carbonyl (C=O) groups excluding carboxylic acids is 1. The molecule has 0 spiro atoms. The van der Waals surface area contributed by atoms with Crippen LogP contribution in [0.25, 0.3) is 16.6 Å². The molecular weight excluding hydrogens is 307 g/mol. The lowest BCUT2D eigenvalue weighted by Crippen LogP contribution is -2.24. The minimum Gasteiger partial charge on any atom is -0.361 e. The van der Waals surface area contributed by atoms with Crippen molar-refractivity contribution >= 4 is 22.5 Å². The highest BCUT2D eigenvalue weighted by Gasteiger charge is 2.09. The lowest BCUT2D eigenvalue weighted by molar-refractivity contribution is -0.120. The van der Waals surface area contributed by atoms with Crippen molar-refractivity contribution in [3.8, 4) is 0 Å². The van der Waals surface area contributed by atoms with Crippen LogP contribution in [0.15, 0.2) is 55.0 Å². The number of nitrogens with one attached hydrogen (secondary N) is 2. The number of rotatable bonds is 4. The van der Waals surface area contributed by atoms with Gasteiger partial charge in [0.25, 0.3) is 0 Å². The van der Waals surface area contributed by atoms with Crippen LogP contribution < -0.4 is 5.32 Å². The van der Waals surface area contributed by atoms with Crippen LogP contribution in [0.2, 0.25) is 0 Å². The van der Waals surface area contributed by atoms with E-state index < -0.39 is 0 Å². The molecule has 0 unspecified atom stereocenters. The minimum absolute atomic E-state index is 0.0806. The van der Waals surface area contributed by atoms with Crippen LogP contribution in [0, 0.1) is 5.82 Å². The first kappa shape index (κ1) is 14.4. The molecule has 0 aliphatic carbocycles. The SMILES string of the molecule is O=C(Cc1c[nH]c2ccccc12)NCc1cn2cc(F)ccc2n1. The number of H-pyrrole nitrogens is 1. The first-order valence-corrected chi connectivity index (χ1v) is 7.64. The Balaban J connectivity index is 1.44. The van der Waals surface area contributed by atoms with Crippen molar-refractivity contribution in [3.05, 3.63) is 72.1 Å². The number of hydrogen-bond donors (Lipinski definition) is 2. The molecule has 0 saturated carbocycles. The Kier molecular flexibility index (Phi) is 3.49. The number of aromatic nitrogens is 3. The number of nitrogens with zero attached hydrogens (tertiary/aromatic N) is 2. The zero-order valence-electron chi connectivity index (χ0n) is 12.8. The average molecular weight is 322 g/mol. The Bertz CT molecular complexity index is 1030. The van der Waals surface area contributed by atoms with Gasteiger partial charge >= 0.3 is 0 Å². The smallest absolute Gasteiger partial charge is 0.224 e. The Hall–Kier alpha value is -3.15. The van der Waals surface area contributed by atoms with Gasteiger partial charge in [-0.3, -0.25) is 4.79 Å². The monoisotopic (exact) mass is 322 g/mol. The highest BCUT2D eigenvalue weighted by molar-refractivity contribution is 5.88. The van der Waals surface area contributed by atoms with Crippen LogP contribution in [-0.2, 0) is 17.8 Å². The normalized spacial score (nSPS) is 11.2. The predicted octanol–water partition coefficient (Wildman–Crippen LogP) is 2.81. The molecule has 0 aliphatic heterocycles. The van der Waals surface area contributed by atoms with Gasteiger partial charge in [-0.05, 0) is 23.8 Å². The Labute approximate surface area is 137 Å². The first-order chi connectivity index (χ1) is 11.7. The zero-order chi connectivity index (χ0) is 16.5. The number of carbonyl (C=O) groups is 1. The lowest BCUT2D eigenvalue weighted by Gasteiger charge is -2.02. The summed E-state index contributed by atoms with van der Waals surface area (Å²) in [7, 11) is 0. The van der Waals surface area contributed by atoms with Crippen molar-refractivity contribution in [2.75, 3.05) is 0 Å². The number of pyridine rings is 1. The molecule has 0 bridgehead atoms. The van der Waals surface area contributed by atoms with Gasteiger partial charge < -0.3 is 14.7 Å². The van der Waals surface area contributed by atoms with Crippen molar-refractivity contribution in [2.24, 2.45) is 0 Å². The molecule has 3 heterocycles. The van der Waals surface area contributed by atoms with E-state index in [2.05, 4.69) is 15.3 Å². The second-order valence-corrected chi connectivity index (χ2v) is 5.66. The van der Waals surface area contributed by atoms with Gasteiger partial charge in [-0.1, -0.05) is 18.2 Å². The third-order valence-corrected chi connectivity index (χ3v) is 3.96. The molecule has 1 aromatic carbocycles. The Morgan fingerprint density at radius 3 is 3.00 bits per heavy atom. The van der Waals surface area contributed by atoms with Gasteiger partial charge in [0.05, 0.1) is 18.7 Å². The highest BCUT2D eigenvalue weighted by Crippen LogP contribution is 2.18. The third kappa shape index (κ3) is 2.74. The van der Waals surface area contributed by atoms with Gasteiger partial charge in [0, 0.05) is 29.5 Å². The molecule has 0 radical (unpaired) electrons. The highest BCUT2D eigenvalue weighted by atomic mass is 19.1. The largest absolute Gasteiger partial charge is 0.361 e. The molecule has 4 rings (SSSR count). The van der Waals surface area contributed by atoms with Gasteiger partial charge in [0.15, 0.2) is 0 Å². The number of imidazole rings is 1. The van der Waals surface area contributed by atoms with Gasteiger partial charge in [0.2, 0.25) is 5.91 Å². The number of hydrogen-bond acceptors (Lipinski definition) is 2. The molecule has 0 fully saturated rings. The number of aromatic amines is 1. The summed E-state index contributed by atoms with van der Waals surface area (Å²) in [5.41, 5.74) is 3.31. The average Bonchev–Trinajstić information content (AvgIpc) is 3.17. The summed E-state index contributed by atoms with van der Waals surface area (Å²) in [6, 6.07) is 10.8. The fourth-order valence-corrected chi connectivity index (χ4v) is 2.80. The molecule has 0 atom stereocenters. The molecule has 5 nitrogen and oxygen atoms in total. The fraction of sp³-hybridized carbons (Fsp3) is 0.111. The summed E-state index contributed by atoms with van der Waals surface area (Å²) in [5, 5.41) is 3.91. The lowest BCUT2D eigenvalue weighted by atomic mass is 10.1. The molecular formula is C18H15FN4O. The summed E-state index contributed by atoms with van der Waals surface area (Å²) < 4.78 is 14.8. The minimum atomic E-state index is -0.324. The number of para-hydroxylation sites is 1. The van der Waals surface area contributed by atoms with E-state index in [9.17, 15) is 9.18 Å². The maximum atomic E-state index is 13.2. The predicted molar refractivity (Wildman–Crippen MR) is 89.0 cm³/mol. The molecule has 1 amide bonds. The van der Waals surface area contributed by atoms with E-state index in [0.29, 0.717) is 24.3 Å². The van der Waals surface area contributed by atoms with Crippen molar-refractivity contribution < 1.29 is 9.18 Å². The summed E-state index contributed by atoms with van der Waals surface area (Å²) in [5.74, 6) is -0.405. The van der Waals surface area contributed by atoms with E-state index in [1.54, 1.807) is 16.7 Å². The Morgan fingerprint density at radius 2 is 2.08 bits per heavy atom. The molecule has 0 aliphatic rings. The van der Waals surface area contributed by atoms with Crippen LogP contribution in [0.3, 0.4) is 0 Å². The maximum Gasteiger partial charge on any atom is 0.224 e. The first-order valence-electron chi connectivity index (χ1n) is 7.64. The quantitative estimate of drug-likeness (QED) is 0.607. The molecule has 120 valence electrons. The second kappa shape index (κ2) is 5.81. The van der Waals surface area contributed by atoms with Gasteiger partial charge in [0.1, 0.15) is 11.5 Å². The zero-order valence-corrected chi connectivity index (χ0v) is 12.8. The molecule has 0 saturated heterocycles. The van der Waals surface area contributed by atoms with E-state index in [4.69, 9.17) is 0 Å². The number of amides is 1. The van der Waals surface area contributed by atoms with Crippen LogP contribution in [0.1, 0.15) is 11.3 Å². The number of fused-ring (bicyclic) bond motifs is 2. The summed E-state index contributed by atoms with van der Waals surface area (Å²) in [6.45, 7) is 0.310. The van der Waals surface area contributed by atoms with Crippen LogP contribution in [-0.4, -0.2) is 20.3 Å². The van der Waals surface area contributed by atoms with E-state index in [1.165, 1.54) is 12.3 Å². The van der Waals surface area contributed by atoms with Crippen molar-refractivity contribution in [1.29, 1.82) is 0 Å². The molecule has 2 N–H and O–H groups in total. The third-order valence-electron chi connectivity index (χ3n) is 3.96.